The lowest BCUT2D eigenvalue weighted by Crippen LogP contribution is -2.33. The maximum absolute atomic E-state index is 11.7. The molecule has 6 heteroatoms. The van der Waals surface area contributed by atoms with Crippen molar-refractivity contribution in [2.75, 3.05) is 12.4 Å². The third-order valence-electron chi connectivity index (χ3n) is 2.67. The molecule has 0 radical (unpaired) electrons. The van der Waals surface area contributed by atoms with Gasteiger partial charge in [-0.25, -0.2) is 5.43 Å². The number of amides is 2. The molecule has 0 aliphatic rings. The lowest BCUT2D eigenvalue weighted by molar-refractivity contribution is -0.136. The van der Waals surface area contributed by atoms with Crippen LogP contribution in [-0.4, -0.2) is 24.6 Å². The van der Waals surface area contributed by atoms with Crippen molar-refractivity contribution in [1.29, 1.82) is 0 Å². The number of benzene rings is 1. The zero-order chi connectivity index (χ0) is 15.0. The summed E-state index contributed by atoms with van der Waals surface area (Å²) < 4.78 is 5.03. The van der Waals surface area contributed by atoms with Crippen LogP contribution in [0.4, 0.5) is 5.69 Å². The van der Waals surface area contributed by atoms with Crippen LogP contribution in [0.1, 0.15) is 26.7 Å². The molecule has 1 aromatic rings. The Morgan fingerprint density at radius 2 is 1.90 bits per heavy atom. The summed E-state index contributed by atoms with van der Waals surface area (Å²) in [4.78, 5) is 23.2. The van der Waals surface area contributed by atoms with Gasteiger partial charge in [0.05, 0.1) is 7.11 Å². The number of nitrogens with zero attached hydrogens (tertiary/aromatic N) is 1. The fourth-order valence-electron chi connectivity index (χ4n) is 1.48. The molecule has 1 aromatic carbocycles. The van der Waals surface area contributed by atoms with Gasteiger partial charge in [-0.2, -0.15) is 5.10 Å². The summed E-state index contributed by atoms with van der Waals surface area (Å²) >= 11 is 0. The second kappa shape index (κ2) is 7.93. The number of carbonyl (C=O) groups excluding carboxylic acids is 2. The molecular formula is C14H19N3O3. The van der Waals surface area contributed by atoms with E-state index in [-0.39, 0.29) is 0 Å². The molecule has 20 heavy (non-hydrogen) atoms. The van der Waals surface area contributed by atoms with Gasteiger partial charge >= 0.3 is 11.8 Å². The van der Waals surface area contributed by atoms with Crippen molar-refractivity contribution in [3.05, 3.63) is 24.3 Å². The number of carbonyl (C=O) groups is 2. The van der Waals surface area contributed by atoms with Crippen molar-refractivity contribution in [2.24, 2.45) is 5.10 Å². The first kappa shape index (κ1) is 15.7. The van der Waals surface area contributed by atoms with E-state index in [1.165, 1.54) is 7.11 Å². The minimum atomic E-state index is -0.799. The fraction of sp³-hybridized carbons (Fsp3) is 0.357. The maximum atomic E-state index is 11.7. The first-order valence-corrected chi connectivity index (χ1v) is 6.41. The Hall–Kier alpha value is -2.37. The predicted octanol–water partition coefficient (Wildman–Crippen LogP) is 1.93. The predicted molar refractivity (Wildman–Crippen MR) is 77.8 cm³/mol. The van der Waals surface area contributed by atoms with Gasteiger partial charge in [0.2, 0.25) is 0 Å². The minimum absolute atomic E-state index is 0.486. The minimum Gasteiger partial charge on any atom is -0.497 e. The van der Waals surface area contributed by atoms with Gasteiger partial charge in [0.1, 0.15) is 5.75 Å². The van der Waals surface area contributed by atoms with Crippen molar-refractivity contribution >= 4 is 23.2 Å². The van der Waals surface area contributed by atoms with Crippen molar-refractivity contribution in [2.45, 2.75) is 26.7 Å². The summed E-state index contributed by atoms with van der Waals surface area (Å²) in [7, 11) is 1.53. The molecule has 6 nitrogen and oxygen atoms in total. The SMILES string of the molecule is CCC(CC)=NNC(=O)C(=O)Nc1cccc(OC)c1. The standard InChI is InChI=1S/C14H19N3O3/c1-4-10(5-2)16-17-14(19)13(18)15-11-7-6-8-12(9-11)20-3/h6-9H,4-5H2,1-3H3,(H,15,18)(H,17,19). The van der Waals surface area contributed by atoms with E-state index in [4.69, 9.17) is 4.74 Å². The van der Waals surface area contributed by atoms with Crippen LogP contribution in [0.3, 0.4) is 0 Å². The molecular weight excluding hydrogens is 258 g/mol. The molecule has 2 N–H and O–H groups in total. The molecule has 1 rings (SSSR count). The van der Waals surface area contributed by atoms with Crippen molar-refractivity contribution < 1.29 is 14.3 Å². The third-order valence-corrected chi connectivity index (χ3v) is 2.67. The highest BCUT2D eigenvalue weighted by Gasteiger charge is 2.13. The van der Waals surface area contributed by atoms with Crippen LogP contribution in [0.5, 0.6) is 5.75 Å². The van der Waals surface area contributed by atoms with E-state index >= 15 is 0 Å². The molecule has 0 saturated carbocycles. The van der Waals surface area contributed by atoms with Crippen LogP contribution < -0.4 is 15.5 Å². The summed E-state index contributed by atoms with van der Waals surface area (Å²) in [6.07, 6.45) is 1.46. The number of methoxy groups -OCH3 is 1. The Morgan fingerprint density at radius 3 is 2.50 bits per heavy atom. The summed E-state index contributed by atoms with van der Waals surface area (Å²) in [6, 6.07) is 6.75. The molecule has 108 valence electrons. The van der Waals surface area contributed by atoms with Crippen molar-refractivity contribution in [3.63, 3.8) is 0 Å². The number of ether oxygens (including phenoxy) is 1. The van der Waals surface area contributed by atoms with Gasteiger partial charge in [-0.15, -0.1) is 0 Å². The van der Waals surface area contributed by atoms with E-state index < -0.39 is 11.8 Å². The van der Waals surface area contributed by atoms with Crippen molar-refractivity contribution in [1.82, 2.24) is 5.43 Å². The summed E-state index contributed by atoms with van der Waals surface area (Å²) in [5.41, 5.74) is 3.55. The van der Waals surface area contributed by atoms with Gasteiger partial charge in [-0.05, 0) is 25.0 Å². The quantitative estimate of drug-likeness (QED) is 0.490. The number of anilines is 1. The van der Waals surface area contributed by atoms with Crippen molar-refractivity contribution in [3.8, 4) is 5.75 Å². The highest BCUT2D eigenvalue weighted by Crippen LogP contribution is 2.16. The molecule has 0 atom stereocenters. The second-order valence-corrected chi connectivity index (χ2v) is 4.01. The molecule has 0 spiro atoms. The van der Waals surface area contributed by atoms with Crippen LogP contribution in [0.25, 0.3) is 0 Å². The smallest absolute Gasteiger partial charge is 0.329 e. The highest BCUT2D eigenvalue weighted by atomic mass is 16.5. The highest BCUT2D eigenvalue weighted by molar-refractivity contribution is 6.39. The van der Waals surface area contributed by atoms with E-state index in [0.29, 0.717) is 11.4 Å². The molecule has 0 saturated heterocycles. The molecule has 0 bridgehead atoms. The van der Waals surface area contributed by atoms with Gasteiger partial charge in [0.15, 0.2) is 0 Å². The molecule has 0 unspecified atom stereocenters. The number of hydrogen-bond acceptors (Lipinski definition) is 4. The van der Waals surface area contributed by atoms with E-state index in [0.717, 1.165) is 18.6 Å². The molecule has 0 heterocycles. The van der Waals surface area contributed by atoms with Crippen LogP contribution in [0, 0.1) is 0 Å². The Balaban J connectivity index is 2.61. The summed E-state index contributed by atoms with van der Waals surface area (Å²) in [5, 5.41) is 6.36. The topological polar surface area (TPSA) is 79.8 Å². The Bertz CT molecular complexity index is 506. The van der Waals surface area contributed by atoms with Crippen LogP contribution in [0.15, 0.2) is 29.4 Å². The zero-order valence-corrected chi connectivity index (χ0v) is 11.9. The second-order valence-electron chi connectivity index (χ2n) is 4.01. The molecule has 0 fully saturated rings. The van der Waals surface area contributed by atoms with Gasteiger partial charge in [-0.3, -0.25) is 9.59 Å². The Labute approximate surface area is 118 Å². The number of hydrogen-bond donors (Lipinski definition) is 2. The number of hydrazone groups is 1. The van der Waals surface area contributed by atoms with E-state index in [1.807, 2.05) is 13.8 Å². The number of nitrogens with one attached hydrogen (secondary N) is 2. The largest absolute Gasteiger partial charge is 0.497 e. The maximum Gasteiger partial charge on any atom is 0.329 e. The summed E-state index contributed by atoms with van der Waals surface area (Å²) in [5.74, 6) is -0.971. The number of rotatable bonds is 5. The first-order chi connectivity index (χ1) is 9.60. The zero-order valence-electron chi connectivity index (χ0n) is 11.9. The van der Waals surface area contributed by atoms with E-state index in [2.05, 4.69) is 15.8 Å². The average Bonchev–Trinajstić information content (AvgIpc) is 2.48. The summed E-state index contributed by atoms with van der Waals surface area (Å²) in [6.45, 7) is 3.87. The van der Waals surface area contributed by atoms with Crippen LogP contribution in [-0.2, 0) is 9.59 Å². The van der Waals surface area contributed by atoms with Crippen LogP contribution >= 0.6 is 0 Å². The third kappa shape index (κ3) is 4.72. The molecule has 0 aromatic heterocycles. The molecule has 2 amide bonds. The van der Waals surface area contributed by atoms with E-state index in [1.54, 1.807) is 24.3 Å². The van der Waals surface area contributed by atoms with E-state index in [9.17, 15) is 9.59 Å². The van der Waals surface area contributed by atoms with Gasteiger partial charge in [0, 0.05) is 17.5 Å². The average molecular weight is 277 g/mol. The lowest BCUT2D eigenvalue weighted by atomic mass is 10.2. The molecule has 0 aliphatic carbocycles. The van der Waals surface area contributed by atoms with Gasteiger partial charge in [0.25, 0.3) is 0 Å². The Kier molecular flexibility index (Phi) is 6.22. The molecule has 0 aliphatic heterocycles. The normalized spacial score (nSPS) is 9.55. The Morgan fingerprint density at radius 1 is 1.20 bits per heavy atom. The van der Waals surface area contributed by atoms with Gasteiger partial charge in [-0.1, -0.05) is 19.9 Å². The van der Waals surface area contributed by atoms with Gasteiger partial charge < -0.3 is 10.1 Å². The lowest BCUT2D eigenvalue weighted by Gasteiger charge is -2.06. The monoisotopic (exact) mass is 277 g/mol. The van der Waals surface area contributed by atoms with Crippen LogP contribution in [0.2, 0.25) is 0 Å². The first-order valence-electron chi connectivity index (χ1n) is 6.41. The fourth-order valence-corrected chi connectivity index (χ4v) is 1.48.